The van der Waals surface area contributed by atoms with Crippen LogP contribution in [0.1, 0.15) is 21.5 Å². The summed E-state index contributed by atoms with van der Waals surface area (Å²) >= 11 is 11.6. The van der Waals surface area contributed by atoms with Crippen LogP contribution in [0.2, 0.25) is 10.0 Å². The van der Waals surface area contributed by atoms with Crippen molar-refractivity contribution in [3.05, 3.63) is 69.0 Å². The molecule has 0 saturated heterocycles. The van der Waals surface area contributed by atoms with Gasteiger partial charge in [-0.05, 0) is 42.8 Å². The van der Waals surface area contributed by atoms with E-state index >= 15 is 0 Å². The highest BCUT2D eigenvalue weighted by Crippen LogP contribution is 2.23. The predicted octanol–water partition coefficient (Wildman–Crippen LogP) is 4.67. The van der Waals surface area contributed by atoms with Gasteiger partial charge < -0.3 is 0 Å². The summed E-state index contributed by atoms with van der Waals surface area (Å²) in [6.07, 6.45) is 0. The van der Waals surface area contributed by atoms with Crippen LogP contribution in [0, 0.1) is 12.7 Å². The van der Waals surface area contributed by atoms with Gasteiger partial charge in [-0.3, -0.25) is 4.79 Å². The summed E-state index contributed by atoms with van der Waals surface area (Å²) in [6.45, 7) is 1.86. The zero-order chi connectivity index (χ0) is 13.3. The average molecular weight is 283 g/mol. The molecule has 18 heavy (non-hydrogen) atoms. The van der Waals surface area contributed by atoms with Crippen molar-refractivity contribution >= 4 is 29.0 Å². The van der Waals surface area contributed by atoms with Gasteiger partial charge in [0.05, 0.1) is 10.6 Å². The normalized spacial score (nSPS) is 10.4. The zero-order valence-corrected chi connectivity index (χ0v) is 11.0. The van der Waals surface area contributed by atoms with Crippen molar-refractivity contribution in [3.63, 3.8) is 0 Å². The summed E-state index contributed by atoms with van der Waals surface area (Å²) in [5, 5.41) is 0.563. The fourth-order valence-electron chi connectivity index (χ4n) is 1.62. The van der Waals surface area contributed by atoms with E-state index in [0.717, 1.165) is 11.6 Å². The maximum atomic E-state index is 13.6. The minimum atomic E-state index is -0.649. The third-order valence-corrected chi connectivity index (χ3v) is 3.09. The van der Waals surface area contributed by atoms with Crippen molar-refractivity contribution in [2.24, 2.45) is 0 Å². The first kappa shape index (κ1) is 13.1. The van der Waals surface area contributed by atoms with Crippen molar-refractivity contribution in [1.29, 1.82) is 0 Å². The largest absolute Gasteiger partial charge is 0.288 e. The molecule has 0 spiro atoms. The van der Waals surface area contributed by atoms with Crippen LogP contribution in [-0.2, 0) is 0 Å². The summed E-state index contributed by atoms with van der Waals surface area (Å²) < 4.78 is 13.6. The van der Waals surface area contributed by atoms with Crippen LogP contribution in [0.15, 0.2) is 36.4 Å². The second-order valence-corrected chi connectivity index (χ2v) is 4.78. The van der Waals surface area contributed by atoms with Gasteiger partial charge in [-0.25, -0.2) is 4.39 Å². The predicted molar refractivity (Wildman–Crippen MR) is 71.0 cm³/mol. The number of ketones is 1. The second kappa shape index (κ2) is 5.09. The lowest BCUT2D eigenvalue weighted by Crippen LogP contribution is -2.05. The standard InChI is InChI=1S/C14H9Cl2FO/c1-8-2-4-10(12(16)6-8)14(18)11-5-3-9(15)7-13(11)17/h2-7H,1H3. The van der Waals surface area contributed by atoms with Crippen molar-refractivity contribution in [2.75, 3.05) is 0 Å². The molecule has 0 aliphatic rings. The van der Waals surface area contributed by atoms with E-state index in [1.54, 1.807) is 18.2 Å². The number of carbonyl (C=O) groups excluding carboxylic acids is 1. The molecular weight excluding hydrogens is 274 g/mol. The second-order valence-electron chi connectivity index (χ2n) is 3.94. The van der Waals surface area contributed by atoms with Crippen molar-refractivity contribution in [2.45, 2.75) is 6.92 Å². The Kier molecular flexibility index (Phi) is 3.69. The Labute approximate surface area is 114 Å². The molecule has 1 nitrogen and oxygen atoms in total. The molecule has 0 amide bonds. The molecule has 0 fully saturated rings. The maximum absolute atomic E-state index is 13.6. The molecule has 0 atom stereocenters. The molecule has 4 heteroatoms. The molecule has 0 saturated carbocycles. The Balaban J connectivity index is 2.48. The number of halogens is 3. The molecule has 0 aromatic heterocycles. The van der Waals surface area contributed by atoms with Crippen molar-refractivity contribution < 1.29 is 9.18 Å². The Morgan fingerprint density at radius 3 is 2.33 bits per heavy atom. The first-order valence-corrected chi connectivity index (χ1v) is 6.00. The molecule has 92 valence electrons. The number of carbonyl (C=O) groups is 1. The van der Waals surface area contributed by atoms with Gasteiger partial charge in [0.25, 0.3) is 0 Å². The highest BCUT2D eigenvalue weighted by Gasteiger charge is 2.16. The van der Waals surface area contributed by atoms with Crippen LogP contribution in [0.25, 0.3) is 0 Å². The van der Waals surface area contributed by atoms with Crippen LogP contribution in [-0.4, -0.2) is 5.78 Å². The molecule has 0 aliphatic carbocycles. The number of aryl methyl sites for hydroxylation is 1. The van der Waals surface area contributed by atoms with E-state index < -0.39 is 11.6 Å². The summed E-state index contributed by atoms with van der Waals surface area (Å²) in [7, 11) is 0. The van der Waals surface area contributed by atoms with Crippen LogP contribution < -0.4 is 0 Å². The molecule has 0 bridgehead atoms. The average Bonchev–Trinajstić information content (AvgIpc) is 2.28. The smallest absolute Gasteiger partial charge is 0.197 e. The molecule has 0 aliphatic heterocycles. The van der Waals surface area contributed by atoms with E-state index in [2.05, 4.69) is 0 Å². The molecule has 2 rings (SSSR count). The quantitative estimate of drug-likeness (QED) is 0.732. The monoisotopic (exact) mass is 282 g/mol. The van der Waals surface area contributed by atoms with E-state index in [-0.39, 0.29) is 16.1 Å². The lowest BCUT2D eigenvalue weighted by atomic mass is 10.0. The zero-order valence-electron chi connectivity index (χ0n) is 9.51. The van der Waals surface area contributed by atoms with E-state index in [0.29, 0.717) is 5.02 Å². The van der Waals surface area contributed by atoms with E-state index in [1.165, 1.54) is 12.1 Å². The molecule has 0 radical (unpaired) electrons. The van der Waals surface area contributed by atoms with Crippen LogP contribution >= 0.6 is 23.2 Å². The third kappa shape index (κ3) is 2.55. The number of rotatable bonds is 2. The molecule has 0 N–H and O–H groups in total. The third-order valence-electron chi connectivity index (χ3n) is 2.54. The van der Waals surface area contributed by atoms with Crippen molar-refractivity contribution in [1.82, 2.24) is 0 Å². The Morgan fingerprint density at radius 1 is 1.06 bits per heavy atom. The van der Waals surface area contributed by atoms with E-state index in [4.69, 9.17) is 23.2 Å². The number of benzene rings is 2. The van der Waals surface area contributed by atoms with Crippen LogP contribution in [0.5, 0.6) is 0 Å². The Hall–Kier alpha value is -1.38. The molecule has 0 unspecified atom stereocenters. The first-order chi connectivity index (χ1) is 8.49. The number of hydrogen-bond acceptors (Lipinski definition) is 1. The van der Waals surface area contributed by atoms with Crippen LogP contribution in [0.3, 0.4) is 0 Å². The van der Waals surface area contributed by atoms with Gasteiger partial charge in [-0.2, -0.15) is 0 Å². The van der Waals surface area contributed by atoms with Gasteiger partial charge in [-0.15, -0.1) is 0 Å². The van der Waals surface area contributed by atoms with Crippen molar-refractivity contribution in [3.8, 4) is 0 Å². The molecular formula is C14H9Cl2FO. The molecule has 2 aromatic rings. The lowest BCUT2D eigenvalue weighted by Gasteiger charge is -2.06. The van der Waals surface area contributed by atoms with Gasteiger partial charge in [0.1, 0.15) is 5.82 Å². The lowest BCUT2D eigenvalue weighted by molar-refractivity contribution is 0.103. The highest BCUT2D eigenvalue weighted by atomic mass is 35.5. The van der Waals surface area contributed by atoms with Gasteiger partial charge in [0.15, 0.2) is 5.78 Å². The minimum absolute atomic E-state index is 0.0369. The Morgan fingerprint density at radius 2 is 1.72 bits per heavy atom. The first-order valence-electron chi connectivity index (χ1n) is 5.25. The van der Waals surface area contributed by atoms with Crippen LogP contribution in [0.4, 0.5) is 4.39 Å². The fraction of sp³-hybridized carbons (Fsp3) is 0.0714. The Bertz CT molecular complexity index is 570. The number of hydrogen-bond donors (Lipinski definition) is 0. The van der Waals surface area contributed by atoms with E-state index in [1.807, 2.05) is 6.92 Å². The SMILES string of the molecule is Cc1ccc(C(=O)c2ccc(Cl)cc2F)c(Cl)c1. The fourth-order valence-corrected chi connectivity index (χ4v) is 2.10. The summed E-state index contributed by atoms with van der Waals surface area (Å²) in [5.74, 6) is -1.10. The topological polar surface area (TPSA) is 17.1 Å². The summed E-state index contributed by atoms with van der Waals surface area (Å²) in [4.78, 5) is 12.1. The van der Waals surface area contributed by atoms with E-state index in [9.17, 15) is 9.18 Å². The summed E-state index contributed by atoms with van der Waals surface area (Å²) in [5.41, 5.74) is 1.18. The minimum Gasteiger partial charge on any atom is -0.288 e. The summed E-state index contributed by atoms with van der Waals surface area (Å²) in [6, 6.07) is 8.95. The van der Waals surface area contributed by atoms with Gasteiger partial charge in [0, 0.05) is 10.6 Å². The maximum Gasteiger partial charge on any atom is 0.197 e. The highest BCUT2D eigenvalue weighted by molar-refractivity contribution is 6.35. The van der Waals surface area contributed by atoms with Gasteiger partial charge in [-0.1, -0.05) is 29.3 Å². The van der Waals surface area contributed by atoms with Gasteiger partial charge >= 0.3 is 0 Å². The molecule has 0 heterocycles. The van der Waals surface area contributed by atoms with Gasteiger partial charge in [0.2, 0.25) is 0 Å². The molecule has 2 aromatic carbocycles.